The summed E-state index contributed by atoms with van der Waals surface area (Å²) >= 11 is 0. The quantitative estimate of drug-likeness (QED) is 0.766. The van der Waals surface area contributed by atoms with Gasteiger partial charge in [0.25, 0.3) is 5.91 Å². The van der Waals surface area contributed by atoms with E-state index in [4.69, 9.17) is 0 Å². The highest BCUT2D eigenvalue weighted by Gasteiger charge is 2.55. The molecule has 0 unspecified atom stereocenters. The first-order valence-corrected chi connectivity index (χ1v) is 7.77. The van der Waals surface area contributed by atoms with Crippen LogP contribution in [0.5, 0.6) is 0 Å². The topological polar surface area (TPSA) is 78.5 Å². The Bertz CT molecular complexity index is 449. The summed E-state index contributed by atoms with van der Waals surface area (Å²) in [5.41, 5.74) is -0.784. The molecule has 2 N–H and O–H groups in total. The van der Waals surface area contributed by atoms with Gasteiger partial charge in [0.2, 0.25) is 5.91 Å². The van der Waals surface area contributed by atoms with Gasteiger partial charge >= 0.3 is 6.03 Å². The molecular weight excluding hydrogens is 270 g/mol. The molecule has 1 saturated heterocycles. The molecule has 6 nitrogen and oxygen atoms in total. The van der Waals surface area contributed by atoms with Gasteiger partial charge in [-0.15, -0.1) is 0 Å². The first-order valence-electron chi connectivity index (χ1n) is 7.77. The summed E-state index contributed by atoms with van der Waals surface area (Å²) in [5, 5.41) is 5.59. The largest absolute Gasteiger partial charge is 0.354 e. The highest BCUT2D eigenvalue weighted by atomic mass is 16.2. The van der Waals surface area contributed by atoms with Crippen molar-refractivity contribution >= 4 is 17.8 Å². The highest BCUT2D eigenvalue weighted by molar-refractivity contribution is 6.09. The third-order valence-corrected chi connectivity index (χ3v) is 4.51. The van der Waals surface area contributed by atoms with Gasteiger partial charge in [0.1, 0.15) is 12.1 Å². The van der Waals surface area contributed by atoms with Gasteiger partial charge in [-0.2, -0.15) is 0 Å². The summed E-state index contributed by atoms with van der Waals surface area (Å²) in [5.74, 6) is -0.0692. The maximum Gasteiger partial charge on any atom is 0.325 e. The zero-order chi connectivity index (χ0) is 15.6. The highest BCUT2D eigenvalue weighted by Crippen LogP contribution is 2.38. The number of nitrogens with one attached hydrogen (secondary N) is 2. The van der Waals surface area contributed by atoms with E-state index in [0.717, 1.165) is 24.2 Å². The van der Waals surface area contributed by atoms with Crippen molar-refractivity contribution in [3.05, 3.63) is 0 Å². The second kappa shape index (κ2) is 6.03. The molecule has 2 atom stereocenters. The minimum atomic E-state index is -0.784. The normalized spacial score (nSPS) is 29.1. The van der Waals surface area contributed by atoms with Gasteiger partial charge in [-0.05, 0) is 24.7 Å². The molecule has 1 aliphatic carbocycles. The SMILES string of the molecule is CC(C)CNC(=O)CN1C(=O)N[C@@]2(CCCC[C@H]2C)C1=O. The molecule has 0 aromatic carbocycles. The Morgan fingerprint density at radius 1 is 1.43 bits per heavy atom. The number of hydrogen-bond donors (Lipinski definition) is 2. The van der Waals surface area contributed by atoms with Crippen molar-refractivity contribution in [2.75, 3.05) is 13.1 Å². The number of carbonyl (C=O) groups excluding carboxylic acids is 3. The zero-order valence-corrected chi connectivity index (χ0v) is 13.1. The molecule has 0 aromatic rings. The van der Waals surface area contributed by atoms with Gasteiger partial charge in [-0.3, -0.25) is 14.5 Å². The van der Waals surface area contributed by atoms with Crippen molar-refractivity contribution in [2.45, 2.75) is 52.0 Å². The van der Waals surface area contributed by atoms with Gasteiger partial charge in [0.05, 0.1) is 0 Å². The number of imide groups is 1. The fourth-order valence-corrected chi connectivity index (χ4v) is 3.16. The molecule has 2 aliphatic rings. The lowest BCUT2D eigenvalue weighted by molar-refractivity contribution is -0.137. The first-order chi connectivity index (χ1) is 9.86. The van der Waals surface area contributed by atoms with Gasteiger partial charge < -0.3 is 10.6 Å². The lowest BCUT2D eigenvalue weighted by atomic mass is 9.73. The summed E-state index contributed by atoms with van der Waals surface area (Å²) in [6, 6.07) is -0.437. The van der Waals surface area contributed by atoms with Crippen molar-refractivity contribution in [1.82, 2.24) is 15.5 Å². The summed E-state index contributed by atoms with van der Waals surface area (Å²) in [7, 11) is 0. The third kappa shape index (κ3) is 3.04. The van der Waals surface area contributed by atoms with Crippen LogP contribution in [0.25, 0.3) is 0 Å². The molecule has 21 heavy (non-hydrogen) atoms. The molecule has 1 aliphatic heterocycles. The van der Waals surface area contributed by atoms with E-state index >= 15 is 0 Å². The van der Waals surface area contributed by atoms with Crippen LogP contribution < -0.4 is 10.6 Å². The van der Waals surface area contributed by atoms with Gasteiger partial charge in [0, 0.05) is 6.54 Å². The predicted octanol–water partition coefficient (Wildman–Crippen LogP) is 1.26. The number of carbonyl (C=O) groups is 3. The molecule has 1 saturated carbocycles. The predicted molar refractivity (Wildman–Crippen MR) is 78.5 cm³/mol. The van der Waals surface area contributed by atoms with E-state index in [9.17, 15) is 14.4 Å². The van der Waals surface area contributed by atoms with Crippen LogP contribution in [0.3, 0.4) is 0 Å². The number of nitrogens with zero attached hydrogens (tertiary/aromatic N) is 1. The Balaban J connectivity index is 2.03. The van der Waals surface area contributed by atoms with Crippen LogP contribution in [0.1, 0.15) is 46.5 Å². The Morgan fingerprint density at radius 2 is 2.14 bits per heavy atom. The lowest BCUT2D eigenvalue weighted by Crippen LogP contribution is -2.54. The van der Waals surface area contributed by atoms with Gasteiger partial charge in [0.15, 0.2) is 0 Å². The van der Waals surface area contributed by atoms with Crippen LogP contribution in [0.4, 0.5) is 4.79 Å². The van der Waals surface area contributed by atoms with E-state index < -0.39 is 11.6 Å². The summed E-state index contributed by atoms with van der Waals surface area (Å²) in [6.45, 7) is 6.34. The minimum Gasteiger partial charge on any atom is -0.354 e. The van der Waals surface area contributed by atoms with E-state index in [0.29, 0.717) is 18.9 Å². The average Bonchev–Trinajstić information content (AvgIpc) is 2.65. The van der Waals surface area contributed by atoms with Crippen LogP contribution in [0, 0.1) is 11.8 Å². The fraction of sp³-hybridized carbons (Fsp3) is 0.800. The first kappa shape index (κ1) is 15.8. The lowest BCUT2D eigenvalue weighted by Gasteiger charge is -2.36. The van der Waals surface area contributed by atoms with Crippen molar-refractivity contribution in [3.63, 3.8) is 0 Å². The second-order valence-corrected chi connectivity index (χ2v) is 6.64. The minimum absolute atomic E-state index is 0.117. The van der Waals surface area contributed by atoms with Crippen molar-refractivity contribution in [2.24, 2.45) is 11.8 Å². The molecule has 0 radical (unpaired) electrons. The maximum atomic E-state index is 12.6. The maximum absolute atomic E-state index is 12.6. The van der Waals surface area contributed by atoms with Crippen LogP contribution in [-0.2, 0) is 9.59 Å². The van der Waals surface area contributed by atoms with E-state index in [2.05, 4.69) is 10.6 Å². The Morgan fingerprint density at radius 3 is 2.76 bits per heavy atom. The average molecular weight is 295 g/mol. The number of rotatable bonds is 4. The van der Waals surface area contributed by atoms with Crippen molar-refractivity contribution in [1.29, 1.82) is 0 Å². The molecule has 2 fully saturated rings. The molecule has 118 valence electrons. The fourth-order valence-electron chi connectivity index (χ4n) is 3.16. The Labute approximate surface area is 125 Å². The van der Waals surface area contributed by atoms with Gasteiger partial charge in [-0.1, -0.05) is 33.6 Å². The molecule has 0 aromatic heterocycles. The Hall–Kier alpha value is -1.59. The number of amides is 4. The molecule has 0 bridgehead atoms. The van der Waals surface area contributed by atoms with E-state index in [1.54, 1.807) is 0 Å². The Kier molecular flexibility index (Phi) is 4.54. The molecule has 1 spiro atoms. The molecule has 2 rings (SSSR count). The van der Waals surface area contributed by atoms with Crippen molar-refractivity contribution < 1.29 is 14.4 Å². The van der Waals surface area contributed by atoms with Crippen LogP contribution in [0.15, 0.2) is 0 Å². The number of hydrogen-bond acceptors (Lipinski definition) is 3. The van der Waals surface area contributed by atoms with Gasteiger partial charge in [-0.25, -0.2) is 4.79 Å². The van der Waals surface area contributed by atoms with E-state index in [1.807, 2.05) is 20.8 Å². The van der Waals surface area contributed by atoms with E-state index in [1.165, 1.54) is 0 Å². The van der Waals surface area contributed by atoms with Crippen LogP contribution in [0.2, 0.25) is 0 Å². The monoisotopic (exact) mass is 295 g/mol. The summed E-state index contributed by atoms with van der Waals surface area (Å²) in [4.78, 5) is 37.7. The van der Waals surface area contributed by atoms with Crippen LogP contribution >= 0.6 is 0 Å². The molecule has 6 heteroatoms. The standard InChI is InChI=1S/C15H25N3O3/c1-10(2)8-16-12(19)9-18-13(20)15(17-14(18)21)7-5-4-6-11(15)3/h10-11H,4-9H2,1-3H3,(H,16,19)(H,17,21)/t11-,15-/m1/s1. The third-order valence-electron chi connectivity index (χ3n) is 4.51. The van der Waals surface area contributed by atoms with Crippen molar-refractivity contribution in [3.8, 4) is 0 Å². The number of urea groups is 1. The molecular formula is C15H25N3O3. The summed E-state index contributed by atoms with van der Waals surface area (Å²) < 4.78 is 0. The molecule has 4 amide bonds. The smallest absolute Gasteiger partial charge is 0.325 e. The van der Waals surface area contributed by atoms with Crippen LogP contribution in [-0.4, -0.2) is 41.4 Å². The van der Waals surface area contributed by atoms with E-state index in [-0.39, 0.29) is 24.3 Å². The molecule has 1 heterocycles. The zero-order valence-electron chi connectivity index (χ0n) is 13.1. The second-order valence-electron chi connectivity index (χ2n) is 6.64. The summed E-state index contributed by atoms with van der Waals surface area (Å²) in [6.07, 6.45) is 3.62.